The number of benzene rings is 1. The molecule has 0 spiro atoms. The van der Waals surface area contributed by atoms with Gasteiger partial charge in [0, 0.05) is 13.7 Å². The second-order valence-corrected chi connectivity index (χ2v) is 7.97. The maximum absolute atomic E-state index is 14.4. The molecule has 0 fully saturated rings. The fourth-order valence-corrected chi connectivity index (χ4v) is 3.37. The molecule has 31 heavy (non-hydrogen) atoms. The van der Waals surface area contributed by atoms with E-state index >= 15 is 0 Å². The van der Waals surface area contributed by atoms with Crippen LogP contribution in [0.3, 0.4) is 0 Å². The lowest BCUT2D eigenvalue weighted by Crippen LogP contribution is -2.24. The van der Waals surface area contributed by atoms with Crippen molar-refractivity contribution >= 4 is 11.6 Å². The largest absolute Gasteiger partial charge is 0.433 e. The van der Waals surface area contributed by atoms with Crippen LogP contribution in [0.1, 0.15) is 31.5 Å². The lowest BCUT2D eigenvalue weighted by atomic mass is 10.0. The molecule has 6 nitrogen and oxygen atoms in total. The summed E-state index contributed by atoms with van der Waals surface area (Å²) in [6.07, 6.45) is -3.74. The lowest BCUT2D eigenvalue weighted by Gasteiger charge is -2.18. The first-order valence-electron chi connectivity index (χ1n) is 9.21. The van der Waals surface area contributed by atoms with Crippen molar-refractivity contribution in [2.24, 2.45) is 0 Å². The van der Waals surface area contributed by atoms with E-state index in [-0.39, 0.29) is 52.7 Å². The van der Waals surface area contributed by atoms with Crippen molar-refractivity contribution in [1.29, 1.82) is 0 Å². The van der Waals surface area contributed by atoms with E-state index in [4.69, 9.17) is 20.9 Å². The Balaban J connectivity index is 2.17. The topological polar surface area (TPSA) is 73.3 Å². The zero-order valence-corrected chi connectivity index (χ0v) is 17.7. The first-order chi connectivity index (χ1) is 14.4. The normalized spacial score (nSPS) is 12.5. The third kappa shape index (κ3) is 4.91. The van der Waals surface area contributed by atoms with E-state index in [2.05, 4.69) is 10.3 Å². The molecule has 0 aliphatic heterocycles. The van der Waals surface area contributed by atoms with Crippen molar-refractivity contribution in [1.82, 2.24) is 14.9 Å². The van der Waals surface area contributed by atoms with E-state index < -0.39 is 23.3 Å². The number of ether oxygens (including phenoxy) is 1. The van der Waals surface area contributed by atoms with Crippen LogP contribution < -0.4 is 0 Å². The van der Waals surface area contributed by atoms with Gasteiger partial charge in [0.2, 0.25) is 0 Å². The average Bonchev–Trinajstić information content (AvgIpc) is 3.24. The van der Waals surface area contributed by atoms with Gasteiger partial charge in [-0.1, -0.05) is 22.8 Å². The molecule has 3 rings (SSSR count). The summed E-state index contributed by atoms with van der Waals surface area (Å²) in [5, 5.41) is 17.5. The Kier molecular flexibility index (Phi) is 6.45. The van der Waals surface area contributed by atoms with Crippen molar-refractivity contribution in [2.75, 3.05) is 7.11 Å². The van der Waals surface area contributed by atoms with Gasteiger partial charge >= 0.3 is 6.18 Å². The molecule has 1 N–H and O–H groups in total. The first-order valence-corrected chi connectivity index (χ1v) is 9.59. The number of hydrogen-bond acceptors (Lipinski definition) is 5. The third-order valence-corrected chi connectivity index (χ3v) is 4.88. The highest BCUT2D eigenvalue weighted by Gasteiger charge is 2.41. The first kappa shape index (κ1) is 23.2. The standard InChI is InChI=1S/C20H20ClF4N3O3/c1-19(2,29)7-8-28-18(20(23,24)25)11(9-26-28)17-12(10-30-3)16(27-31-17)15-13(21)5-4-6-14(15)22/h4-6,9,29H,7-8,10H2,1-3H3. The van der Waals surface area contributed by atoms with Crippen molar-refractivity contribution in [3.8, 4) is 22.6 Å². The van der Waals surface area contributed by atoms with Crippen molar-refractivity contribution in [3.05, 3.63) is 46.5 Å². The second-order valence-electron chi connectivity index (χ2n) is 7.56. The van der Waals surface area contributed by atoms with Gasteiger partial charge in [-0.25, -0.2) is 4.39 Å². The fourth-order valence-electron chi connectivity index (χ4n) is 3.12. The monoisotopic (exact) mass is 461 g/mol. The summed E-state index contributed by atoms with van der Waals surface area (Å²) in [5.74, 6) is -0.959. The van der Waals surface area contributed by atoms with Gasteiger partial charge in [0.15, 0.2) is 11.5 Å². The maximum atomic E-state index is 14.4. The molecule has 0 amide bonds. The summed E-state index contributed by atoms with van der Waals surface area (Å²) in [6.45, 7) is 2.59. The lowest BCUT2D eigenvalue weighted by molar-refractivity contribution is -0.144. The molecule has 2 aromatic heterocycles. The molecule has 0 saturated heterocycles. The Morgan fingerprint density at radius 1 is 1.26 bits per heavy atom. The third-order valence-electron chi connectivity index (χ3n) is 4.56. The van der Waals surface area contributed by atoms with Crippen molar-refractivity contribution < 1.29 is 31.9 Å². The van der Waals surface area contributed by atoms with Crippen LogP contribution in [-0.4, -0.2) is 32.8 Å². The molecule has 168 valence electrons. The van der Waals surface area contributed by atoms with E-state index in [1.807, 2.05) is 0 Å². The minimum Gasteiger partial charge on any atom is -0.390 e. The smallest absolute Gasteiger partial charge is 0.390 e. The summed E-state index contributed by atoms with van der Waals surface area (Å²) in [5.41, 5.74) is -2.69. The quantitative estimate of drug-likeness (QED) is 0.482. The van der Waals surface area contributed by atoms with Crippen LogP contribution in [0.4, 0.5) is 17.6 Å². The summed E-state index contributed by atoms with van der Waals surface area (Å²) in [6, 6.07) is 3.98. The Bertz CT molecular complexity index is 1050. The van der Waals surface area contributed by atoms with Crippen LogP contribution in [0.5, 0.6) is 0 Å². The molecule has 0 aliphatic carbocycles. The van der Waals surface area contributed by atoms with Crippen molar-refractivity contribution in [2.45, 2.75) is 45.2 Å². The number of hydrogen-bond donors (Lipinski definition) is 1. The number of rotatable bonds is 7. The minimum absolute atomic E-state index is 0.0223. The van der Waals surface area contributed by atoms with Crippen LogP contribution in [0, 0.1) is 5.82 Å². The summed E-state index contributed by atoms with van der Waals surface area (Å²) in [4.78, 5) is 0. The summed E-state index contributed by atoms with van der Waals surface area (Å²) in [7, 11) is 1.33. The number of nitrogens with zero attached hydrogens (tertiary/aromatic N) is 3. The van der Waals surface area contributed by atoms with E-state index in [0.717, 1.165) is 16.9 Å². The van der Waals surface area contributed by atoms with Crippen LogP contribution >= 0.6 is 11.6 Å². The number of aliphatic hydroxyl groups is 1. The molecule has 3 aromatic rings. The second kappa shape index (κ2) is 8.60. The van der Waals surface area contributed by atoms with Gasteiger partial charge in [-0.3, -0.25) is 4.68 Å². The van der Waals surface area contributed by atoms with Gasteiger partial charge < -0.3 is 14.4 Å². The molecule has 2 heterocycles. The number of halogens is 5. The van der Waals surface area contributed by atoms with E-state index in [1.165, 1.54) is 33.1 Å². The van der Waals surface area contributed by atoms with Crippen LogP contribution in [0.2, 0.25) is 5.02 Å². The molecular weight excluding hydrogens is 442 g/mol. The SMILES string of the molecule is COCc1c(-c2c(F)cccc2Cl)noc1-c1cnn(CCC(C)(C)O)c1C(F)(F)F. The molecule has 0 atom stereocenters. The van der Waals surface area contributed by atoms with Gasteiger partial charge in [0.05, 0.1) is 40.1 Å². The maximum Gasteiger partial charge on any atom is 0.433 e. The predicted molar refractivity (Wildman–Crippen MR) is 105 cm³/mol. The molecule has 0 aliphatic rings. The summed E-state index contributed by atoms with van der Waals surface area (Å²) < 4.78 is 67.3. The molecule has 0 saturated carbocycles. The molecular formula is C20H20ClF4N3O3. The number of alkyl halides is 3. The molecule has 1 aromatic carbocycles. The van der Waals surface area contributed by atoms with Crippen molar-refractivity contribution in [3.63, 3.8) is 0 Å². The highest BCUT2D eigenvalue weighted by molar-refractivity contribution is 6.33. The van der Waals surface area contributed by atoms with E-state index in [1.54, 1.807) is 0 Å². The van der Waals surface area contributed by atoms with Gasteiger partial charge in [0.25, 0.3) is 0 Å². The van der Waals surface area contributed by atoms with Gasteiger partial charge in [-0.05, 0) is 32.4 Å². The number of aromatic nitrogens is 3. The van der Waals surface area contributed by atoms with Gasteiger partial charge in [-0.2, -0.15) is 18.3 Å². The molecule has 11 heteroatoms. The fraction of sp³-hybridized carbons (Fsp3) is 0.400. The average molecular weight is 462 g/mol. The molecule has 0 radical (unpaired) electrons. The summed E-state index contributed by atoms with van der Waals surface area (Å²) >= 11 is 6.10. The minimum atomic E-state index is -4.78. The number of methoxy groups -OCH3 is 1. The predicted octanol–water partition coefficient (Wildman–Crippen LogP) is 5.32. The number of aryl methyl sites for hydroxylation is 1. The zero-order chi connectivity index (χ0) is 23.0. The van der Waals surface area contributed by atoms with Crippen LogP contribution in [0.25, 0.3) is 22.6 Å². The molecule has 0 unspecified atom stereocenters. The Morgan fingerprint density at radius 2 is 1.97 bits per heavy atom. The molecule has 0 bridgehead atoms. The highest BCUT2D eigenvalue weighted by Crippen LogP contribution is 2.42. The Morgan fingerprint density at radius 3 is 2.55 bits per heavy atom. The highest BCUT2D eigenvalue weighted by atomic mass is 35.5. The van der Waals surface area contributed by atoms with E-state index in [9.17, 15) is 22.7 Å². The van der Waals surface area contributed by atoms with E-state index in [0.29, 0.717) is 0 Å². The van der Waals surface area contributed by atoms with Crippen LogP contribution in [0.15, 0.2) is 28.9 Å². The van der Waals surface area contributed by atoms with Crippen LogP contribution in [-0.2, 0) is 24.1 Å². The van der Waals surface area contributed by atoms with Gasteiger partial charge in [0.1, 0.15) is 11.5 Å². The van der Waals surface area contributed by atoms with Gasteiger partial charge in [-0.15, -0.1) is 0 Å². The Hall–Kier alpha value is -2.43. The zero-order valence-electron chi connectivity index (χ0n) is 16.9. The Labute approximate surface area is 180 Å².